The number of urea groups is 1. The van der Waals surface area contributed by atoms with Crippen molar-refractivity contribution in [3.63, 3.8) is 0 Å². The maximum atomic E-state index is 11.0. The molecule has 1 fully saturated rings. The topological polar surface area (TPSA) is 50.4 Å². The lowest BCUT2D eigenvalue weighted by Crippen LogP contribution is -2.39. The zero-order valence-electron chi connectivity index (χ0n) is 8.30. The number of ether oxygens (including phenoxy) is 1. The molecule has 0 radical (unpaired) electrons. The summed E-state index contributed by atoms with van der Waals surface area (Å²) in [7, 11) is 0. The van der Waals surface area contributed by atoms with Crippen LogP contribution in [0.5, 0.6) is 0 Å². The van der Waals surface area contributed by atoms with Gasteiger partial charge in [0.05, 0.1) is 6.10 Å². The van der Waals surface area contributed by atoms with Crippen molar-refractivity contribution in [3.05, 3.63) is 0 Å². The summed E-state index contributed by atoms with van der Waals surface area (Å²) < 4.78 is 5.39. The molecule has 1 saturated heterocycles. The summed E-state index contributed by atoms with van der Waals surface area (Å²) in [6.07, 6.45) is 1.33. The Morgan fingerprint density at radius 2 is 2.31 bits per heavy atom. The van der Waals surface area contributed by atoms with Gasteiger partial charge in [-0.2, -0.15) is 0 Å². The van der Waals surface area contributed by atoms with Gasteiger partial charge in [-0.15, -0.1) is 0 Å². The minimum absolute atomic E-state index is 0.0819. The Bertz CT molecular complexity index is 173. The van der Waals surface area contributed by atoms with Crippen molar-refractivity contribution in [2.45, 2.75) is 26.4 Å². The first-order valence-corrected chi connectivity index (χ1v) is 4.87. The van der Waals surface area contributed by atoms with E-state index in [9.17, 15) is 4.79 Å². The van der Waals surface area contributed by atoms with Crippen molar-refractivity contribution in [2.24, 2.45) is 5.92 Å². The number of nitrogens with one attached hydrogen (secondary N) is 2. The van der Waals surface area contributed by atoms with Crippen molar-refractivity contribution >= 4 is 6.03 Å². The van der Waals surface area contributed by atoms with Crippen molar-refractivity contribution in [1.29, 1.82) is 0 Å². The van der Waals surface area contributed by atoms with Crippen LogP contribution in [0.2, 0.25) is 0 Å². The van der Waals surface area contributed by atoms with Gasteiger partial charge in [0.1, 0.15) is 0 Å². The van der Waals surface area contributed by atoms with Gasteiger partial charge in [-0.1, -0.05) is 0 Å². The van der Waals surface area contributed by atoms with Gasteiger partial charge >= 0.3 is 6.03 Å². The molecule has 0 spiro atoms. The molecule has 1 aliphatic rings. The van der Waals surface area contributed by atoms with Gasteiger partial charge in [-0.25, -0.2) is 4.79 Å². The number of carbonyl (C=O) groups is 1. The minimum Gasteiger partial charge on any atom is -0.378 e. The Morgan fingerprint density at radius 1 is 1.54 bits per heavy atom. The fraction of sp³-hybridized carbons (Fsp3) is 0.889. The highest BCUT2D eigenvalue weighted by molar-refractivity contribution is 5.73. The van der Waals surface area contributed by atoms with Crippen LogP contribution in [0, 0.1) is 5.92 Å². The van der Waals surface area contributed by atoms with Crippen molar-refractivity contribution in [2.75, 3.05) is 19.7 Å². The van der Waals surface area contributed by atoms with Crippen LogP contribution >= 0.6 is 0 Å². The van der Waals surface area contributed by atoms with Crippen molar-refractivity contribution in [1.82, 2.24) is 10.6 Å². The summed E-state index contributed by atoms with van der Waals surface area (Å²) in [6, 6.07) is -0.0819. The molecule has 0 aromatic carbocycles. The van der Waals surface area contributed by atoms with Crippen molar-refractivity contribution in [3.8, 4) is 0 Å². The van der Waals surface area contributed by atoms with Gasteiger partial charge in [0.2, 0.25) is 0 Å². The van der Waals surface area contributed by atoms with Crippen LogP contribution in [0.3, 0.4) is 0 Å². The molecule has 13 heavy (non-hydrogen) atoms. The normalized spacial score (nSPS) is 27.2. The number of amides is 2. The molecule has 0 aliphatic carbocycles. The quantitative estimate of drug-likeness (QED) is 0.682. The standard InChI is InChI=1S/C9H18N2O2/c1-3-10-9(12)11-6-8-4-5-13-7(8)2/h7-8H,3-6H2,1-2H3,(H2,10,11,12). The summed E-state index contributed by atoms with van der Waals surface area (Å²) in [6.45, 7) is 6.16. The fourth-order valence-electron chi connectivity index (χ4n) is 1.49. The van der Waals surface area contributed by atoms with Crippen LogP contribution < -0.4 is 10.6 Å². The van der Waals surface area contributed by atoms with Crippen LogP contribution in [-0.4, -0.2) is 31.8 Å². The first-order valence-electron chi connectivity index (χ1n) is 4.87. The molecule has 2 N–H and O–H groups in total. The second kappa shape index (κ2) is 5.07. The van der Waals surface area contributed by atoms with Gasteiger partial charge in [0.25, 0.3) is 0 Å². The van der Waals surface area contributed by atoms with Crippen molar-refractivity contribution < 1.29 is 9.53 Å². The lowest BCUT2D eigenvalue weighted by molar-refractivity contribution is 0.106. The van der Waals surface area contributed by atoms with Gasteiger partial charge < -0.3 is 15.4 Å². The predicted molar refractivity (Wildman–Crippen MR) is 50.6 cm³/mol. The summed E-state index contributed by atoms with van der Waals surface area (Å²) in [5, 5.41) is 5.52. The van der Waals surface area contributed by atoms with Crippen LogP contribution in [0.25, 0.3) is 0 Å². The fourth-order valence-corrected chi connectivity index (χ4v) is 1.49. The van der Waals surface area contributed by atoms with Gasteiger partial charge in [0, 0.05) is 25.6 Å². The number of rotatable bonds is 3. The van der Waals surface area contributed by atoms with E-state index in [1.165, 1.54) is 0 Å². The smallest absolute Gasteiger partial charge is 0.314 e. The lowest BCUT2D eigenvalue weighted by atomic mass is 10.0. The summed E-state index contributed by atoms with van der Waals surface area (Å²) >= 11 is 0. The first kappa shape index (κ1) is 10.3. The molecular weight excluding hydrogens is 168 g/mol. The third kappa shape index (κ3) is 3.22. The molecular formula is C9H18N2O2. The molecule has 4 heteroatoms. The highest BCUT2D eigenvalue weighted by Gasteiger charge is 2.24. The Kier molecular flexibility index (Phi) is 4.02. The summed E-state index contributed by atoms with van der Waals surface area (Å²) in [5.74, 6) is 0.475. The van der Waals surface area contributed by atoms with Crippen LogP contribution in [0.4, 0.5) is 4.79 Å². The van der Waals surface area contributed by atoms with E-state index in [1.54, 1.807) is 0 Å². The molecule has 2 amide bonds. The molecule has 0 aromatic rings. The van der Waals surface area contributed by atoms with E-state index in [0.717, 1.165) is 13.0 Å². The molecule has 0 saturated carbocycles. The summed E-state index contributed by atoms with van der Waals surface area (Å²) in [5.41, 5.74) is 0. The predicted octanol–water partition coefficient (Wildman–Crippen LogP) is 0.731. The maximum absolute atomic E-state index is 11.0. The van der Waals surface area contributed by atoms with Crippen LogP contribution in [0.1, 0.15) is 20.3 Å². The maximum Gasteiger partial charge on any atom is 0.314 e. The van der Waals surface area contributed by atoms with Gasteiger partial charge in [-0.05, 0) is 20.3 Å². The molecule has 1 rings (SSSR count). The zero-order valence-corrected chi connectivity index (χ0v) is 8.30. The Hall–Kier alpha value is -0.770. The highest BCUT2D eigenvalue weighted by atomic mass is 16.5. The minimum atomic E-state index is -0.0819. The van der Waals surface area contributed by atoms with Gasteiger partial charge in [-0.3, -0.25) is 0 Å². The largest absolute Gasteiger partial charge is 0.378 e. The molecule has 2 unspecified atom stereocenters. The van der Waals surface area contributed by atoms with E-state index in [4.69, 9.17) is 4.74 Å². The third-order valence-electron chi connectivity index (χ3n) is 2.40. The third-order valence-corrected chi connectivity index (χ3v) is 2.40. The second-order valence-corrected chi connectivity index (χ2v) is 3.37. The number of hydrogen-bond acceptors (Lipinski definition) is 2. The van der Waals surface area contributed by atoms with Crippen LogP contribution in [-0.2, 0) is 4.74 Å². The SMILES string of the molecule is CCNC(=O)NCC1CCOC1C. The first-order chi connectivity index (χ1) is 6.24. The van der Waals surface area contributed by atoms with E-state index >= 15 is 0 Å². The van der Waals surface area contributed by atoms with Gasteiger partial charge in [0.15, 0.2) is 0 Å². The second-order valence-electron chi connectivity index (χ2n) is 3.37. The summed E-state index contributed by atoms with van der Waals surface area (Å²) in [4.78, 5) is 11.0. The average Bonchev–Trinajstić information content (AvgIpc) is 2.48. The van der Waals surface area contributed by atoms with E-state index in [2.05, 4.69) is 17.6 Å². The Morgan fingerprint density at radius 3 is 2.85 bits per heavy atom. The molecule has 0 bridgehead atoms. The van der Waals surface area contributed by atoms with Crippen LogP contribution in [0.15, 0.2) is 0 Å². The monoisotopic (exact) mass is 186 g/mol. The molecule has 1 aliphatic heterocycles. The molecule has 4 nitrogen and oxygen atoms in total. The van der Waals surface area contributed by atoms with E-state index in [-0.39, 0.29) is 12.1 Å². The molecule has 1 heterocycles. The Labute approximate surface area is 79.0 Å². The number of carbonyl (C=O) groups excluding carboxylic acids is 1. The number of hydrogen-bond donors (Lipinski definition) is 2. The average molecular weight is 186 g/mol. The Balaban J connectivity index is 2.14. The zero-order chi connectivity index (χ0) is 9.68. The molecule has 2 atom stereocenters. The van der Waals surface area contributed by atoms with E-state index in [0.29, 0.717) is 19.0 Å². The lowest BCUT2D eigenvalue weighted by Gasteiger charge is -2.14. The highest BCUT2D eigenvalue weighted by Crippen LogP contribution is 2.18. The van der Waals surface area contributed by atoms with E-state index < -0.39 is 0 Å². The molecule has 0 aromatic heterocycles. The van der Waals surface area contributed by atoms with E-state index in [1.807, 2.05) is 6.92 Å². The molecule has 76 valence electrons.